The Bertz CT molecular complexity index is 990. The number of benzene rings is 2. The van der Waals surface area contributed by atoms with Gasteiger partial charge in [0.05, 0.1) is 10.6 Å². The number of sulfone groups is 1. The molecule has 2 aromatic carbocycles. The third kappa shape index (κ3) is 4.89. The van der Waals surface area contributed by atoms with E-state index in [0.717, 1.165) is 26.0 Å². The Morgan fingerprint density at radius 2 is 1.54 bits per heavy atom. The molecule has 0 heterocycles. The summed E-state index contributed by atoms with van der Waals surface area (Å²) in [6, 6.07) is 8.30. The van der Waals surface area contributed by atoms with E-state index < -0.39 is 32.6 Å². The van der Waals surface area contributed by atoms with E-state index in [1.807, 2.05) is 0 Å². The van der Waals surface area contributed by atoms with Crippen LogP contribution in [0, 0.1) is 0 Å². The van der Waals surface area contributed by atoms with Crippen molar-refractivity contribution in [2.45, 2.75) is 29.9 Å². The van der Waals surface area contributed by atoms with Crippen molar-refractivity contribution in [2.75, 3.05) is 5.32 Å². The molecule has 0 atom stereocenters. The first-order chi connectivity index (χ1) is 12.7. The topological polar surface area (TPSA) is 72.5 Å². The zero-order valence-electron chi connectivity index (χ0n) is 14.5. The first-order valence-corrected chi connectivity index (χ1v) is 9.85. The van der Waals surface area contributed by atoms with E-state index in [1.54, 1.807) is 0 Å². The van der Waals surface area contributed by atoms with Gasteiger partial charge in [0, 0.05) is 16.1 Å². The number of nitrogens with one attached hydrogen (secondary N) is 1. The smallest absolute Gasteiger partial charge is 0.404 e. The lowest BCUT2D eigenvalue weighted by Crippen LogP contribution is -2.44. The monoisotopic (exact) mass is 455 g/mol. The molecular weight excluding hydrogens is 442 g/mol. The summed E-state index contributed by atoms with van der Waals surface area (Å²) < 4.78 is 65.2. The molecule has 0 fully saturated rings. The first kappa shape index (κ1) is 22.3. The maximum absolute atomic E-state index is 12.8. The van der Waals surface area contributed by atoms with Crippen LogP contribution >= 0.6 is 23.2 Å². The third-order valence-electron chi connectivity index (χ3n) is 3.76. The number of carbonyl (C=O) groups is 1. The Morgan fingerprint density at radius 3 is 2.07 bits per heavy atom. The Balaban J connectivity index is 2.37. The molecule has 0 spiro atoms. The highest BCUT2D eigenvalue weighted by molar-refractivity contribution is 7.93. The fourth-order valence-electron chi connectivity index (χ4n) is 2.11. The first-order valence-electron chi connectivity index (χ1n) is 7.61. The van der Waals surface area contributed by atoms with Crippen molar-refractivity contribution >= 4 is 44.6 Å². The summed E-state index contributed by atoms with van der Waals surface area (Å²) in [5, 5.41) is 2.40. The van der Waals surface area contributed by atoms with Crippen LogP contribution < -0.4 is 10.1 Å². The molecule has 0 radical (unpaired) electrons. The summed E-state index contributed by atoms with van der Waals surface area (Å²) >= 11 is 11.4. The van der Waals surface area contributed by atoms with Crippen LogP contribution in [0.1, 0.15) is 13.8 Å². The fourth-order valence-corrected chi connectivity index (χ4v) is 3.78. The SMILES string of the molecule is CC(C)(C(=O)Nc1ccc(Cl)cc1OC(F)(F)F)S(=O)(=O)c1ccc(Cl)cc1. The van der Waals surface area contributed by atoms with Crippen molar-refractivity contribution in [3.05, 3.63) is 52.5 Å². The van der Waals surface area contributed by atoms with Crippen molar-refractivity contribution in [1.29, 1.82) is 0 Å². The van der Waals surface area contributed by atoms with Gasteiger partial charge in [-0.2, -0.15) is 0 Å². The van der Waals surface area contributed by atoms with Crippen LogP contribution in [-0.4, -0.2) is 25.4 Å². The van der Waals surface area contributed by atoms with E-state index in [2.05, 4.69) is 10.1 Å². The van der Waals surface area contributed by atoms with Crippen LogP contribution in [0.25, 0.3) is 0 Å². The van der Waals surface area contributed by atoms with Gasteiger partial charge in [-0.3, -0.25) is 4.79 Å². The van der Waals surface area contributed by atoms with Crippen molar-refractivity contribution < 1.29 is 31.1 Å². The molecule has 5 nitrogen and oxygen atoms in total. The van der Waals surface area contributed by atoms with Gasteiger partial charge in [0.2, 0.25) is 5.91 Å². The molecule has 2 rings (SSSR count). The van der Waals surface area contributed by atoms with Crippen molar-refractivity contribution in [1.82, 2.24) is 0 Å². The lowest BCUT2D eigenvalue weighted by molar-refractivity contribution is -0.274. The Labute approximate surface area is 169 Å². The zero-order chi connectivity index (χ0) is 21.3. The highest BCUT2D eigenvalue weighted by Crippen LogP contribution is 2.34. The van der Waals surface area contributed by atoms with Crippen LogP contribution in [0.5, 0.6) is 5.75 Å². The number of rotatable bonds is 5. The molecular formula is C17H14Cl2F3NO4S. The average molecular weight is 456 g/mol. The van der Waals surface area contributed by atoms with Gasteiger partial charge >= 0.3 is 6.36 Å². The zero-order valence-corrected chi connectivity index (χ0v) is 16.8. The molecule has 11 heteroatoms. The molecule has 0 aliphatic carbocycles. The van der Waals surface area contributed by atoms with Crippen molar-refractivity contribution in [3.8, 4) is 5.75 Å². The van der Waals surface area contributed by atoms with Crippen LogP contribution in [0.2, 0.25) is 10.0 Å². The van der Waals surface area contributed by atoms with E-state index in [9.17, 15) is 26.4 Å². The molecule has 0 saturated heterocycles. The standard InChI is InChI=1S/C17H14Cl2F3NO4S/c1-16(2,28(25,26)12-6-3-10(18)4-7-12)15(24)23-13-8-5-11(19)9-14(13)27-17(20,21)22/h3-9H,1-2H3,(H,23,24). The number of anilines is 1. The average Bonchev–Trinajstić information content (AvgIpc) is 2.56. The van der Waals surface area contributed by atoms with Gasteiger partial charge in [0.1, 0.15) is 4.75 Å². The predicted molar refractivity (Wildman–Crippen MR) is 99.5 cm³/mol. The van der Waals surface area contributed by atoms with Crippen LogP contribution in [0.3, 0.4) is 0 Å². The largest absolute Gasteiger partial charge is 0.573 e. The predicted octanol–water partition coefficient (Wildman–Crippen LogP) is 5.08. The Hall–Kier alpha value is -1.97. The minimum atomic E-state index is -5.03. The van der Waals surface area contributed by atoms with Gasteiger partial charge in [-0.05, 0) is 50.2 Å². The van der Waals surface area contributed by atoms with E-state index in [1.165, 1.54) is 30.3 Å². The van der Waals surface area contributed by atoms with Crippen LogP contribution in [0.15, 0.2) is 47.4 Å². The minimum Gasteiger partial charge on any atom is -0.404 e. The summed E-state index contributed by atoms with van der Waals surface area (Å²) in [6.07, 6.45) is -5.03. The highest BCUT2D eigenvalue weighted by atomic mass is 35.5. The molecule has 152 valence electrons. The minimum absolute atomic E-state index is 0.0645. The molecule has 1 N–H and O–H groups in total. The molecule has 0 aliphatic heterocycles. The Kier molecular flexibility index (Phi) is 6.22. The van der Waals surface area contributed by atoms with Gasteiger partial charge in [0.15, 0.2) is 15.6 Å². The second kappa shape index (κ2) is 7.81. The molecule has 0 saturated carbocycles. The number of halogens is 5. The van der Waals surface area contributed by atoms with Gasteiger partial charge in [-0.1, -0.05) is 23.2 Å². The summed E-state index contributed by atoms with van der Waals surface area (Å²) in [4.78, 5) is 12.5. The van der Waals surface area contributed by atoms with Crippen molar-refractivity contribution in [2.24, 2.45) is 0 Å². The molecule has 0 unspecified atom stereocenters. The molecule has 0 aliphatic rings. The lowest BCUT2D eigenvalue weighted by Gasteiger charge is -2.24. The second-order valence-corrected chi connectivity index (χ2v) is 9.48. The number of hydrogen-bond acceptors (Lipinski definition) is 4. The molecule has 1 amide bonds. The number of amides is 1. The normalized spacial score (nSPS) is 12.5. The molecule has 2 aromatic rings. The van der Waals surface area contributed by atoms with Crippen LogP contribution in [-0.2, 0) is 14.6 Å². The van der Waals surface area contributed by atoms with Gasteiger partial charge in [-0.25, -0.2) is 8.42 Å². The highest BCUT2D eigenvalue weighted by Gasteiger charge is 2.43. The van der Waals surface area contributed by atoms with Gasteiger partial charge in [-0.15, -0.1) is 13.2 Å². The van der Waals surface area contributed by atoms with Gasteiger partial charge < -0.3 is 10.1 Å². The maximum Gasteiger partial charge on any atom is 0.573 e. The molecule has 0 bridgehead atoms. The second-order valence-electron chi connectivity index (χ2n) is 6.11. The summed E-state index contributed by atoms with van der Waals surface area (Å²) in [7, 11) is -4.19. The number of alkyl halides is 3. The number of hydrogen-bond donors (Lipinski definition) is 1. The van der Waals surface area contributed by atoms with E-state index in [4.69, 9.17) is 23.2 Å². The molecule has 28 heavy (non-hydrogen) atoms. The summed E-state index contributed by atoms with van der Waals surface area (Å²) in [5.41, 5.74) is -0.383. The van der Waals surface area contributed by atoms with Crippen molar-refractivity contribution in [3.63, 3.8) is 0 Å². The number of ether oxygens (including phenoxy) is 1. The van der Waals surface area contributed by atoms with Crippen LogP contribution in [0.4, 0.5) is 18.9 Å². The maximum atomic E-state index is 12.8. The third-order valence-corrected chi connectivity index (χ3v) is 6.67. The summed E-state index contributed by atoms with van der Waals surface area (Å²) in [6.45, 7) is 2.26. The lowest BCUT2D eigenvalue weighted by atomic mass is 10.2. The van der Waals surface area contributed by atoms with E-state index >= 15 is 0 Å². The van der Waals surface area contributed by atoms with E-state index in [0.29, 0.717) is 5.02 Å². The quantitative estimate of drug-likeness (QED) is 0.681. The van der Waals surface area contributed by atoms with Gasteiger partial charge in [0.25, 0.3) is 0 Å². The number of carbonyl (C=O) groups excluding carboxylic acids is 1. The summed E-state index contributed by atoms with van der Waals surface area (Å²) in [5.74, 6) is -1.83. The fraction of sp³-hybridized carbons (Fsp3) is 0.235. The van der Waals surface area contributed by atoms with E-state index in [-0.39, 0.29) is 15.6 Å². The molecule has 0 aromatic heterocycles. The Morgan fingerprint density at radius 1 is 1.00 bits per heavy atom.